The Kier molecular flexibility index (Phi) is 7.19. The molecule has 7 nitrogen and oxygen atoms in total. The van der Waals surface area contributed by atoms with E-state index in [-0.39, 0.29) is 30.1 Å². The molecule has 2 aromatic rings. The van der Waals surface area contributed by atoms with Gasteiger partial charge in [0.25, 0.3) is 0 Å². The predicted octanol–water partition coefficient (Wildman–Crippen LogP) is 3.19. The number of nitrogens with one attached hydrogen (secondary N) is 2. The molecule has 0 atom stereocenters. The van der Waals surface area contributed by atoms with Gasteiger partial charge in [0.2, 0.25) is 11.8 Å². The fraction of sp³-hybridized carbons (Fsp3) is 0.348. The minimum atomic E-state index is -0.189. The molecule has 2 N–H and O–H groups in total. The monoisotopic (exact) mass is 409 g/mol. The third-order valence-electron chi connectivity index (χ3n) is 5.18. The average Bonchev–Trinajstić information content (AvgIpc) is 2.74. The number of hydrogen-bond donors (Lipinski definition) is 2. The molecule has 0 saturated carbocycles. The first-order valence-corrected chi connectivity index (χ1v) is 10.0. The standard InChI is InChI=1S/C23H27N3O4/c1-16(27)24-19-8-9-21(30-2)20(14-19)25-22(28)15-26-12-10-18(11-13-26)23(29)17-6-4-3-5-7-17/h3-9,14,18H,10-13,15H2,1-2H3,(H,24,27)(H,25,28). The number of piperidine rings is 1. The number of benzene rings is 2. The first kappa shape index (κ1) is 21.5. The number of carbonyl (C=O) groups is 3. The number of ketones is 1. The molecule has 1 aliphatic rings. The van der Waals surface area contributed by atoms with Gasteiger partial charge >= 0.3 is 0 Å². The molecular formula is C23H27N3O4. The van der Waals surface area contributed by atoms with E-state index in [2.05, 4.69) is 10.6 Å². The van der Waals surface area contributed by atoms with Crippen LogP contribution >= 0.6 is 0 Å². The van der Waals surface area contributed by atoms with Crippen molar-refractivity contribution in [2.75, 3.05) is 37.4 Å². The van der Waals surface area contributed by atoms with Crippen molar-refractivity contribution in [2.24, 2.45) is 5.92 Å². The number of Topliss-reactive ketones (excluding diaryl/α,β-unsaturated/α-hetero) is 1. The summed E-state index contributed by atoms with van der Waals surface area (Å²) < 4.78 is 5.30. The van der Waals surface area contributed by atoms with Crippen LogP contribution in [-0.4, -0.2) is 49.2 Å². The van der Waals surface area contributed by atoms with E-state index in [1.54, 1.807) is 18.2 Å². The molecule has 0 unspecified atom stereocenters. The first-order chi connectivity index (χ1) is 14.5. The van der Waals surface area contributed by atoms with E-state index in [4.69, 9.17) is 4.74 Å². The molecule has 1 aliphatic heterocycles. The molecule has 0 bridgehead atoms. The van der Waals surface area contributed by atoms with Crippen molar-refractivity contribution >= 4 is 29.0 Å². The summed E-state index contributed by atoms with van der Waals surface area (Å²) in [5, 5.41) is 5.55. The fourth-order valence-corrected chi connectivity index (χ4v) is 3.67. The van der Waals surface area contributed by atoms with Crippen LogP contribution in [0.2, 0.25) is 0 Å². The molecule has 158 valence electrons. The Morgan fingerprint density at radius 3 is 2.37 bits per heavy atom. The summed E-state index contributed by atoms with van der Waals surface area (Å²) in [7, 11) is 1.53. The summed E-state index contributed by atoms with van der Waals surface area (Å²) in [5.41, 5.74) is 1.83. The Bertz CT molecular complexity index is 906. The topological polar surface area (TPSA) is 87.7 Å². The lowest BCUT2D eigenvalue weighted by Gasteiger charge is -2.30. The van der Waals surface area contributed by atoms with Crippen LogP contribution in [0.25, 0.3) is 0 Å². The van der Waals surface area contributed by atoms with Crippen molar-refractivity contribution in [3.8, 4) is 5.75 Å². The number of methoxy groups -OCH3 is 1. The van der Waals surface area contributed by atoms with Crippen LogP contribution < -0.4 is 15.4 Å². The highest BCUT2D eigenvalue weighted by Gasteiger charge is 2.26. The number of rotatable bonds is 7. The second-order valence-corrected chi connectivity index (χ2v) is 7.43. The number of hydrogen-bond acceptors (Lipinski definition) is 5. The Hall–Kier alpha value is -3.19. The zero-order chi connectivity index (χ0) is 21.5. The summed E-state index contributed by atoms with van der Waals surface area (Å²) in [6.45, 7) is 3.05. The molecule has 2 aromatic carbocycles. The molecular weight excluding hydrogens is 382 g/mol. The zero-order valence-electron chi connectivity index (χ0n) is 17.3. The van der Waals surface area contributed by atoms with E-state index in [9.17, 15) is 14.4 Å². The predicted molar refractivity (Wildman–Crippen MR) is 116 cm³/mol. The Balaban J connectivity index is 1.54. The van der Waals surface area contributed by atoms with Crippen LogP contribution in [0.1, 0.15) is 30.1 Å². The number of amides is 2. The van der Waals surface area contributed by atoms with Crippen molar-refractivity contribution < 1.29 is 19.1 Å². The first-order valence-electron chi connectivity index (χ1n) is 10.0. The van der Waals surface area contributed by atoms with Gasteiger partial charge in [-0.2, -0.15) is 0 Å². The largest absolute Gasteiger partial charge is 0.495 e. The number of anilines is 2. The van der Waals surface area contributed by atoms with Crippen molar-refractivity contribution in [2.45, 2.75) is 19.8 Å². The molecule has 0 radical (unpaired) electrons. The number of nitrogens with zero attached hydrogens (tertiary/aromatic N) is 1. The summed E-state index contributed by atoms with van der Waals surface area (Å²) in [6, 6.07) is 14.4. The lowest BCUT2D eigenvalue weighted by atomic mass is 9.89. The van der Waals surface area contributed by atoms with Crippen molar-refractivity contribution in [3.63, 3.8) is 0 Å². The van der Waals surface area contributed by atoms with Gasteiger partial charge in [0.15, 0.2) is 5.78 Å². The van der Waals surface area contributed by atoms with E-state index >= 15 is 0 Å². The van der Waals surface area contributed by atoms with Gasteiger partial charge in [-0.15, -0.1) is 0 Å². The third kappa shape index (κ3) is 5.67. The highest BCUT2D eigenvalue weighted by Crippen LogP contribution is 2.28. The molecule has 0 spiro atoms. The zero-order valence-corrected chi connectivity index (χ0v) is 17.3. The molecule has 7 heteroatoms. The van der Waals surface area contributed by atoms with Crippen LogP contribution in [0.4, 0.5) is 11.4 Å². The quantitative estimate of drug-likeness (QED) is 0.686. The maximum atomic E-state index is 12.6. The van der Waals surface area contributed by atoms with Crippen LogP contribution in [0.15, 0.2) is 48.5 Å². The van der Waals surface area contributed by atoms with Crippen LogP contribution in [0, 0.1) is 5.92 Å². The Morgan fingerprint density at radius 2 is 1.73 bits per heavy atom. The molecule has 2 amide bonds. The molecule has 0 aromatic heterocycles. The van der Waals surface area contributed by atoms with E-state index in [1.165, 1.54) is 14.0 Å². The lowest BCUT2D eigenvalue weighted by molar-refractivity contribution is -0.117. The van der Waals surface area contributed by atoms with Gasteiger partial charge in [0, 0.05) is 24.1 Å². The van der Waals surface area contributed by atoms with E-state index in [0.29, 0.717) is 30.2 Å². The van der Waals surface area contributed by atoms with Crippen LogP contribution in [0.3, 0.4) is 0 Å². The number of ether oxygens (including phenoxy) is 1. The highest BCUT2D eigenvalue weighted by atomic mass is 16.5. The average molecular weight is 409 g/mol. The smallest absolute Gasteiger partial charge is 0.238 e. The van der Waals surface area contributed by atoms with E-state index < -0.39 is 0 Å². The Morgan fingerprint density at radius 1 is 1.03 bits per heavy atom. The molecule has 30 heavy (non-hydrogen) atoms. The maximum absolute atomic E-state index is 12.6. The number of carbonyl (C=O) groups excluding carboxylic acids is 3. The fourth-order valence-electron chi connectivity index (χ4n) is 3.67. The van der Waals surface area contributed by atoms with Crippen molar-refractivity contribution in [1.29, 1.82) is 0 Å². The highest BCUT2D eigenvalue weighted by molar-refractivity contribution is 5.98. The minimum absolute atomic E-state index is 0.00106. The minimum Gasteiger partial charge on any atom is -0.495 e. The summed E-state index contributed by atoms with van der Waals surface area (Å²) in [6.07, 6.45) is 1.48. The normalized spacial score (nSPS) is 14.7. The van der Waals surface area contributed by atoms with Gasteiger partial charge in [-0.05, 0) is 44.1 Å². The second kappa shape index (κ2) is 10.0. The molecule has 0 aliphatic carbocycles. The van der Waals surface area contributed by atoms with E-state index in [1.807, 2.05) is 35.2 Å². The maximum Gasteiger partial charge on any atom is 0.238 e. The summed E-state index contributed by atoms with van der Waals surface area (Å²) in [5.74, 6) is 0.344. The molecule has 1 fully saturated rings. The molecule has 1 saturated heterocycles. The van der Waals surface area contributed by atoms with Crippen molar-refractivity contribution in [1.82, 2.24) is 4.90 Å². The van der Waals surface area contributed by atoms with Gasteiger partial charge in [-0.1, -0.05) is 30.3 Å². The van der Waals surface area contributed by atoms with E-state index in [0.717, 1.165) is 18.4 Å². The van der Waals surface area contributed by atoms with Crippen molar-refractivity contribution in [3.05, 3.63) is 54.1 Å². The van der Waals surface area contributed by atoms with Gasteiger partial charge < -0.3 is 15.4 Å². The summed E-state index contributed by atoms with van der Waals surface area (Å²) in [4.78, 5) is 38.5. The number of likely N-dealkylation sites (tertiary alicyclic amines) is 1. The van der Waals surface area contributed by atoms with Gasteiger partial charge in [-0.3, -0.25) is 19.3 Å². The van der Waals surface area contributed by atoms with Gasteiger partial charge in [-0.25, -0.2) is 0 Å². The van der Waals surface area contributed by atoms with Gasteiger partial charge in [0.05, 0.1) is 19.3 Å². The van der Waals surface area contributed by atoms with Gasteiger partial charge in [0.1, 0.15) is 5.75 Å². The lowest BCUT2D eigenvalue weighted by Crippen LogP contribution is -2.40. The second-order valence-electron chi connectivity index (χ2n) is 7.43. The van der Waals surface area contributed by atoms with Crippen LogP contribution in [0.5, 0.6) is 5.75 Å². The van der Waals surface area contributed by atoms with Crippen LogP contribution in [-0.2, 0) is 9.59 Å². The SMILES string of the molecule is COc1ccc(NC(C)=O)cc1NC(=O)CN1CCC(C(=O)c2ccccc2)CC1. The third-order valence-corrected chi connectivity index (χ3v) is 5.18. The summed E-state index contributed by atoms with van der Waals surface area (Å²) >= 11 is 0. The molecule has 3 rings (SSSR count). The Labute approximate surface area is 176 Å². The molecule has 1 heterocycles.